The van der Waals surface area contributed by atoms with Gasteiger partial charge in [-0.05, 0) is 49.2 Å². The van der Waals surface area contributed by atoms with Crippen molar-refractivity contribution in [3.8, 4) is 0 Å². The lowest BCUT2D eigenvalue weighted by Gasteiger charge is -2.33. The van der Waals surface area contributed by atoms with Crippen molar-refractivity contribution in [1.29, 1.82) is 0 Å². The molecule has 26 heavy (non-hydrogen) atoms. The van der Waals surface area contributed by atoms with Crippen LogP contribution in [0.15, 0.2) is 47.1 Å². The van der Waals surface area contributed by atoms with E-state index in [9.17, 15) is 9.59 Å². The van der Waals surface area contributed by atoms with E-state index >= 15 is 0 Å². The number of hydrogen-bond acceptors (Lipinski definition) is 5. The molecule has 1 aromatic heterocycles. The lowest BCUT2D eigenvalue weighted by Crippen LogP contribution is -2.44. The van der Waals surface area contributed by atoms with Crippen LogP contribution in [0.25, 0.3) is 0 Å². The van der Waals surface area contributed by atoms with Gasteiger partial charge in [-0.15, -0.1) is 0 Å². The summed E-state index contributed by atoms with van der Waals surface area (Å²) in [4.78, 5) is 26.5. The first-order chi connectivity index (χ1) is 12.7. The van der Waals surface area contributed by atoms with Crippen LogP contribution in [0, 0.1) is 0 Å². The molecule has 1 fully saturated rings. The molecule has 6 heteroatoms. The minimum absolute atomic E-state index is 0.147. The van der Waals surface area contributed by atoms with Crippen molar-refractivity contribution in [2.75, 3.05) is 13.7 Å². The quantitative estimate of drug-likeness (QED) is 0.806. The third-order valence-corrected chi connectivity index (χ3v) is 4.67. The molecular weight excluding hydrogens is 332 g/mol. The number of esters is 1. The molecule has 1 saturated heterocycles. The zero-order valence-electron chi connectivity index (χ0n) is 14.9. The largest absolute Gasteiger partial charge is 0.468 e. The van der Waals surface area contributed by atoms with Crippen LogP contribution in [0.3, 0.4) is 0 Å². The Kier molecular flexibility index (Phi) is 6.07. The van der Waals surface area contributed by atoms with Crippen LogP contribution >= 0.6 is 0 Å². The van der Waals surface area contributed by atoms with Gasteiger partial charge < -0.3 is 14.5 Å². The lowest BCUT2D eigenvalue weighted by molar-refractivity contribution is -0.148. The molecule has 2 aromatic rings. The third-order valence-electron chi connectivity index (χ3n) is 4.67. The molecule has 0 unspecified atom stereocenters. The summed E-state index contributed by atoms with van der Waals surface area (Å²) < 4.78 is 10.2. The Bertz CT molecular complexity index is 742. The maximum absolute atomic E-state index is 12.4. The smallest absolute Gasteiger partial charge is 0.323 e. The molecule has 1 N–H and O–H groups in total. The van der Waals surface area contributed by atoms with Gasteiger partial charge in [-0.3, -0.25) is 14.5 Å². The highest BCUT2D eigenvalue weighted by atomic mass is 16.5. The predicted molar refractivity (Wildman–Crippen MR) is 96.4 cm³/mol. The zero-order chi connectivity index (χ0) is 18.4. The molecule has 2 heterocycles. The second-order valence-corrected chi connectivity index (χ2v) is 6.47. The highest BCUT2D eigenvalue weighted by Gasteiger charge is 2.29. The molecule has 1 aliphatic heterocycles. The van der Waals surface area contributed by atoms with Crippen LogP contribution in [-0.4, -0.2) is 36.5 Å². The molecule has 0 spiro atoms. The van der Waals surface area contributed by atoms with Crippen molar-refractivity contribution in [2.24, 2.45) is 0 Å². The minimum atomic E-state index is -0.204. The fourth-order valence-electron chi connectivity index (χ4n) is 3.31. The highest BCUT2D eigenvalue weighted by Crippen LogP contribution is 2.21. The first-order valence-electron chi connectivity index (χ1n) is 8.89. The topological polar surface area (TPSA) is 71.8 Å². The summed E-state index contributed by atoms with van der Waals surface area (Å²) >= 11 is 0. The molecule has 138 valence electrons. The SMILES string of the molecule is COC(=O)[C@@H]1CCCCN1Cc1cccc(C(=O)NCc2ccco2)c1. The number of carbonyl (C=O) groups is 2. The minimum Gasteiger partial charge on any atom is -0.468 e. The van der Waals surface area contributed by atoms with E-state index in [1.807, 2.05) is 24.3 Å². The molecule has 3 rings (SSSR count). The summed E-state index contributed by atoms with van der Waals surface area (Å²) in [5.74, 6) is 0.382. The van der Waals surface area contributed by atoms with E-state index in [1.165, 1.54) is 7.11 Å². The van der Waals surface area contributed by atoms with Gasteiger partial charge in [0, 0.05) is 12.1 Å². The molecule has 6 nitrogen and oxygen atoms in total. The Balaban J connectivity index is 1.64. The van der Waals surface area contributed by atoms with Gasteiger partial charge in [-0.25, -0.2) is 0 Å². The number of amides is 1. The second kappa shape index (κ2) is 8.67. The maximum Gasteiger partial charge on any atom is 0.323 e. The van der Waals surface area contributed by atoms with Crippen molar-refractivity contribution in [2.45, 2.75) is 38.4 Å². The van der Waals surface area contributed by atoms with Crippen LogP contribution in [0.4, 0.5) is 0 Å². The van der Waals surface area contributed by atoms with E-state index in [0.29, 0.717) is 24.4 Å². The Hall–Kier alpha value is -2.60. The van der Waals surface area contributed by atoms with Crippen LogP contribution < -0.4 is 5.32 Å². The summed E-state index contributed by atoms with van der Waals surface area (Å²) in [6.07, 6.45) is 4.50. The number of likely N-dealkylation sites (tertiary alicyclic amines) is 1. The van der Waals surface area contributed by atoms with E-state index in [0.717, 1.165) is 31.4 Å². The summed E-state index contributed by atoms with van der Waals surface area (Å²) in [6.45, 7) is 1.83. The average molecular weight is 356 g/mol. The van der Waals surface area contributed by atoms with E-state index in [-0.39, 0.29) is 17.9 Å². The Labute approximate surface area is 153 Å². The summed E-state index contributed by atoms with van der Waals surface area (Å²) in [5, 5.41) is 2.85. The number of nitrogens with one attached hydrogen (secondary N) is 1. The van der Waals surface area contributed by atoms with Crippen LogP contribution in [-0.2, 0) is 22.6 Å². The first kappa shape index (κ1) is 18.2. The number of rotatable bonds is 6. The summed E-state index contributed by atoms with van der Waals surface area (Å²) in [6, 6.07) is 10.9. The van der Waals surface area contributed by atoms with Gasteiger partial charge in [-0.2, -0.15) is 0 Å². The van der Waals surface area contributed by atoms with Crippen molar-refractivity contribution >= 4 is 11.9 Å². The molecule has 0 saturated carbocycles. The van der Waals surface area contributed by atoms with Crippen LogP contribution in [0.5, 0.6) is 0 Å². The normalized spacial score (nSPS) is 17.7. The second-order valence-electron chi connectivity index (χ2n) is 6.47. The lowest BCUT2D eigenvalue weighted by atomic mass is 10.0. The molecule has 0 radical (unpaired) electrons. The molecule has 1 aromatic carbocycles. The number of benzene rings is 1. The van der Waals surface area contributed by atoms with Gasteiger partial charge in [-0.1, -0.05) is 18.6 Å². The molecule has 1 aliphatic rings. The number of furan rings is 1. The van der Waals surface area contributed by atoms with E-state index in [1.54, 1.807) is 18.4 Å². The van der Waals surface area contributed by atoms with Gasteiger partial charge in [0.25, 0.3) is 5.91 Å². The Morgan fingerprint density at radius 1 is 1.27 bits per heavy atom. The van der Waals surface area contributed by atoms with Crippen LogP contribution in [0.1, 0.15) is 40.9 Å². The predicted octanol–water partition coefficient (Wildman–Crippen LogP) is 2.74. The van der Waals surface area contributed by atoms with Gasteiger partial charge >= 0.3 is 5.97 Å². The number of hydrogen-bond donors (Lipinski definition) is 1. The number of nitrogens with zero attached hydrogens (tertiary/aromatic N) is 1. The van der Waals surface area contributed by atoms with E-state index in [2.05, 4.69) is 10.2 Å². The molecule has 0 bridgehead atoms. The summed E-state index contributed by atoms with van der Waals surface area (Å²) in [7, 11) is 1.43. The summed E-state index contributed by atoms with van der Waals surface area (Å²) in [5.41, 5.74) is 1.60. The Morgan fingerprint density at radius 2 is 2.15 bits per heavy atom. The van der Waals surface area contributed by atoms with Crippen molar-refractivity contribution in [3.05, 3.63) is 59.5 Å². The van der Waals surface area contributed by atoms with Crippen molar-refractivity contribution in [1.82, 2.24) is 10.2 Å². The van der Waals surface area contributed by atoms with Gasteiger partial charge in [0.15, 0.2) is 0 Å². The molecule has 0 aliphatic carbocycles. The van der Waals surface area contributed by atoms with Gasteiger partial charge in [0.2, 0.25) is 0 Å². The fourth-order valence-corrected chi connectivity index (χ4v) is 3.31. The average Bonchev–Trinajstić information content (AvgIpc) is 3.20. The van der Waals surface area contributed by atoms with Crippen LogP contribution in [0.2, 0.25) is 0 Å². The van der Waals surface area contributed by atoms with Gasteiger partial charge in [0.1, 0.15) is 11.8 Å². The van der Waals surface area contributed by atoms with Crippen molar-refractivity contribution in [3.63, 3.8) is 0 Å². The fraction of sp³-hybridized carbons (Fsp3) is 0.400. The Morgan fingerprint density at radius 3 is 2.92 bits per heavy atom. The zero-order valence-corrected chi connectivity index (χ0v) is 14.9. The number of methoxy groups -OCH3 is 1. The molecular formula is C20H24N2O4. The monoisotopic (exact) mass is 356 g/mol. The number of carbonyl (C=O) groups excluding carboxylic acids is 2. The number of ether oxygens (including phenoxy) is 1. The molecule has 1 atom stereocenters. The third kappa shape index (κ3) is 4.52. The van der Waals surface area contributed by atoms with E-state index in [4.69, 9.17) is 9.15 Å². The van der Waals surface area contributed by atoms with E-state index < -0.39 is 0 Å². The maximum atomic E-state index is 12.4. The number of piperidine rings is 1. The standard InChI is InChI=1S/C20H24N2O4/c1-25-20(24)18-9-2-3-10-22(18)14-15-6-4-7-16(12-15)19(23)21-13-17-8-5-11-26-17/h4-8,11-12,18H,2-3,9-10,13-14H2,1H3,(H,21,23)/t18-/m0/s1. The highest BCUT2D eigenvalue weighted by molar-refractivity contribution is 5.94. The first-order valence-corrected chi connectivity index (χ1v) is 8.89. The molecule has 1 amide bonds. The van der Waals surface area contributed by atoms with Gasteiger partial charge in [0.05, 0.1) is 19.9 Å². The van der Waals surface area contributed by atoms with Crippen molar-refractivity contribution < 1.29 is 18.7 Å².